The van der Waals surface area contributed by atoms with Gasteiger partial charge in [-0.2, -0.15) is 4.98 Å². The molecule has 0 radical (unpaired) electrons. The molecule has 2 heterocycles. The van der Waals surface area contributed by atoms with Crippen molar-refractivity contribution >= 4 is 11.8 Å². The molecule has 1 unspecified atom stereocenters. The lowest BCUT2D eigenvalue weighted by atomic mass is 9.91. The first-order chi connectivity index (χ1) is 11.1. The molecule has 2 aromatic rings. The number of hydrogen-bond donors (Lipinski definition) is 1. The number of nitrogen functional groups attached to an aromatic ring is 1. The SMILES string of the molecule is Nc1nccc(N2CCCC(CCc3ccc(F)c(F)c3)C2)n1. The van der Waals surface area contributed by atoms with Gasteiger partial charge in [-0.25, -0.2) is 13.8 Å². The number of benzene rings is 1. The highest BCUT2D eigenvalue weighted by molar-refractivity contribution is 5.41. The lowest BCUT2D eigenvalue weighted by molar-refractivity contribution is 0.389. The molecule has 4 nitrogen and oxygen atoms in total. The van der Waals surface area contributed by atoms with Crippen LogP contribution in [0.4, 0.5) is 20.5 Å². The van der Waals surface area contributed by atoms with E-state index in [1.165, 1.54) is 12.1 Å². The van der Waals surface area contributed by atoms with Crippen molar-refractivity contribution < 1.29 is 8.78 Å². The quantitative estimate of drug-likeness (QED) is 0.940. The van der Waals surface area contributed by atoms with Crippen LogP contribution in [0, 0.1) is 17.6 Å². The largest absolute Gasteiger partial charge is 0.368 e. The first-order valence-electron chi connectivity index (χ1n) is 7.89. The Kier molecular flexibility index (Phi) is 4.69. The monoisotopic (exact) mass is 318 g/mol. The zero-order valence-corrected chi connectivity index (χ0v) is 12.9. The Balaban J connectivity index is 1.59. The Hall–Kier alpha value is -2.24. The first-order valence-corrected chi connectivity index (χ1v) is 7.89. The van der Waals surface area contributed by atoms with E-state index < -0.39 is 11.6 Å². The fourth-order valence-electron chi connectivity index (χ4n) is 3.11. The molecule has 0 aliphatic carbocycles. The van der Waals surface area contributed by atoms with Gasteiger partial charge in [0, 0.05) is 19.3 Å². The van der Waals surface area contributed by atoms with Crippen molar-refractivity contribution in [2.24, 2.45) is 5.92 Å². The summed E-state index contributed by atoms with van der Waals surface area (Å²) in [7, 11) is 0. The van der Waals surface area contributed by atoms with E-state index in [0.29, 0.717) is 5.92 Å². The van der Waals surface area contributed by atoms with Crippen molar-refractivity contribution in [1.29, 1.82) is 0 Å². The maximum atomic E-state index is 13.3. The fraction of sp³-hybridized carbons (Fsp3) is 0.412. The van der Waals surface area contributed by atoms with Crippen LogP contribution >= 0.6 is 0 Å². The van der Waals surface area contributed by atoms with Crippen LogP contribution in [-0.4, -0.2) is 23.1 Å². The van der Waals surface area contributed by atoms with Gasteiger partial charge >= 0.3 is 0 Å². The predicted molar refractivity (Wildman–Crippen MR) is 86.1 cm³/mol. The first kappa shape index (κ1) is 15.6. The molecule has 0 spiro atoms. The van der Waals surface area contributed by atoms with Crippen LogP contribution in [0.2, 0.25) is 0 Å². The van der Waals surface area contributed by atoms with Crippen molar-refractivity contribution in [3.05, 3.63) is 47.7 Å². The molecule has 122 valence electrons. The molecule has 1 atom stereocenters. The van der Waals surface area contributed by atoms with Crippen LogP contribution < -0.4 is 10.6 Å². The van der Waals surface area contributed by atoms with Gasteiger partial charge in [0.1, 0.15) is 5.82 Å². The Morgan fingerprint density at radius 1 is 1.22 bits per heavy atom. The summed E-state index contributed by atoms with van der Waals surface area (Å²) in [6, 6.07) is 6.01. The molecule has 1 aromatic heterocycles. The average molecular weight is 318 g/mol. The van der Waals surface area contributed by atoms with E-state index in [9.17, 15) is 8.78 Å². The zero-order valence-electron chi connectivity index (χ0n) is 12.9. The van der Waals surface area contributed by atoms with Gasteiger partial charge in [-0.05, 0) is 55.4 Å². The predicted octanol–water partition coefficient (Wildman–Crippen LogP) is 3.19. The van der Waals surface area contributed by atoms with E-state index in [4.69, 9.17) is 5.73 Å². The van der Waals surface area contributed by atoms with Gasteiger partial charge < -0.3 is 10.6 Å². The molecule has 0 bridgehead atoms. The molecular weight excluding hydrogens is 298 g/mol. The topological polar surface area (TPSA) is 55.0 Å². The second-order valence-electron chi connectivity index (χ2n) is 6.01. The third-order valence-electron chi connectivity index (χ3n) is 4.33. The van der Waals surface area contributed by atoms with E-state index in [-0.39, 0.29) is 5.95 Å². The number of aromatic nitrogens is 2. The van der Waals surface area contributed by atoms with E-state index in [1.54, 1.807) is 12.3 Å². The van der Waals surface area contributed by atoms with Gasteiger partial charge in [-0.1, -0.05) is 6.07 Å². The molecule has 0 saturated carbocycles. The summed E-state index contributed by atoms with van der Waals surface area (Å²) in [5, 5.41) is 0. The second kappa shape index (κ2) is 6.89. The molecule has 3 rings (SSSR count). The Bertz CT molecular complexity index is 677. The molecule has 1 aromatic carbocycles. The van der Waals surface area contributed by atoms with Crippen LogP contribution in [0.15, 0.2) is 30.5 Å². The van der Waals surface area contributed by atoms with Gasteiger partial charge in [0.05, 0.1) is 0 Å². The normalized spacial score (nSPS) is 18.2. The van der Waals surface area contributed by atoms with Crippen molar-refractivity contribution in [2.75, 3.05) is 23.7 Å². The van der Waals surface area contributed by atoms with E-state index >= 15 is 0 Å². The van der Waals surface area contributed by atoms with E-state index in [2.05, 4.69) is 14.9 Å². The molecule has 1 saturated heterocycles. The van der Waals surface area contributed by atoms with Gasteiger partial charge in [-0.3, -0.25) is 0 Å². The number of nitrogens with zero attached hydrogens (tertiary/aromatic N) is 3. The van der Waals surface area contributed by atoms with Gasteiger partial charge in [0.25, 0.3) is 0 Å². The number of piperidine rings is 1. The molecule has 0 amide bonds. The minimum absolute atomic E-state index is 0.284. The second-order valence-corrected chi connectivity index (χ2v) is 6.01. The Morgan fingerprint density at radius 3 is 2.87 bits per heavy atom. The minimum atomic E-state index is -0.793. The van der Waals surface area contributed by atoms with Crippen molar-refractivity contribution in [1.82, 2.24) is 9.97 Å². The van der Waals surface area contributed by atoms with Gasteiger partial charge in [0.2, 0.25) is 5.95 Å². The number of hydrogen-bond acceptors (Lipinski definition) is 4. The summed E-state index contributed by atoms with van der Waals surface area (Å²) in [6.45, 7) is 1.86. The highest BCUT2D eigenvalue weighted by atomic mass is 19.2. The van der Waals surface area contributed by atoms with Crippen LogP contribution in [0.5, 0.6) is 0 Å². The fourth-order valence-corrected chi connectivity index (χ4v) is 3.11. The van der Waals surface area contributed by atoms with Gasteiger partial charge in [-0.15, -0.1) is 0 Å². The molecular formula is C17H20F2N4. The molecule has 2 N–H and O–H groups in total. The minimum Gasteiger partial charge on any atom is -0.368 e. The Labute approximate surface area is 134 Å². The molecule has 6 heteroatoms. The molecule has 1 aliphatic heterocycles. The van der Waals surface area contributed by atoms with Gasteiger partial charge in [0.15, 0.2) is 11.6 Å². The number of rotatable bonds is 4. The van der Waals surface area contributed by atoms with Crippen molar-refractivity contribution in [3.63, 3.8) is 0 Å². The van der Waals surface area contributed by atoms with E-state index in [1.807, 2.05) is 6.07 Å². The number of anilines is 2. The average Bonchev–Trinajstić information content (AvgIpc) is 2.56. The van der Waals surface area contributed by atoms with Crippen LogP contribution in [-0.2, 0) is 6.42 Å². The van der Waals surface area contributed by atoms with Crippen molar-refractivity contribution in [3.8, 4) is 0 Å². The van der Waals surface area contributed by atoms with Crippen LogP contribution in [0.3, 0.4) is 0 Å². The highest BCUT2D eigenvalue weighted by Crippen LogP contribution is 2.25. The standard InChI is InChI=1S/C17H20F2N4/c18-14-6-5-12(10-15(14)19)3-4-13-2-1-9-23(11-13)16-7-8-21-17(20)22-16/h5-8,10,13H,1-4,9,11H2,(H2,20,21,22). The Morgan fingerprint density at radius 2 is 2.09 bits per heavy atom. The van der Waals surface area contributed by atoms with E-state index in [0.717, 1.165) is 50.2 Å². The molecule has 1 aliphatic rings. The summed E-state index contributed by atoms with van der Waals surface area (Å²) in [5.74, 6) is 0.0812. The lowest BCUT2D eigenvalue weighted by Crippen LogP contribution is -2.36. The number of aryl methyl sites for hydroxylation is 1. The highest BCUT2D eigenvalue weighted by Gasteiger charge is 2.21. The maximum absolute atomic E-state index is 13.3. The summed E-state index contributed by atoms with van der Waals surface area (Å²) in [6.07, 6.45) is 5.60. The summed E-state index contributed by atoms with van der Waals surface area (Å²) < 4.78 is 26.2. The van der Waals surface area contributed by atoms with Crippen LogP contribution in [0.1, 0.15) is 24.8 Å². The van der Waals surface area contributed by atoms with Crippen LogP contribution in [0.25, 0.3) is 0 Å². The number of nitrogens with two attached hydrogens (primary N) is 1. The summed E-state index contributed by atoms with van der Waals surface area (Å²) >= 11 is 0. The third-order valence-corrected chi connectivity index (χ3v) is 4.33. The molecule has 23 heavy (non-hydrogen) atoms. The smallest absolute Gasteiger partial charge is 0.221 e. The summed E-state index contributed by atoms with van der Waals surface area (Å²) in [4.78, 5) is 10.4. The lowest BCUT2D eigenvalue weighted by Gasteiger charge is -2.33. The van der Waals surface area contributed by atoms with Crippen molar-refractivity contribution in [2.45, 2.75) is 25.7 Å². The zero-order chi connectivity index (χ0) is 16.2. The third kappa shape index (κ3) is 3.94. The maximum Gasteiger partial charge on any atom is 0.221 e. The summed E-state index contributed by atoms with van der Waals surface area (Å²) in [5.41, 5.74) is 6.49. The molecule has 1 fully saturated rings. The number of halogens is 2.